The van der Waals surface area contributed by atoms with Crippen molar-refractivity contribution in [2.75, 3.05) is 13.2 Å². The van der Waals surface area contributed by atoms with Gasteiger partial charge in [-0.05, 0) is 12.8 Å². The van der Waals surface area contributed by atoms with Crippen LogP contribution in [0.1, 0.15) is 12.8 Å². The maximum absolute atomic E-state index is 12.0. The van der Waals surface area contributed by atoms with E-state index in [2.05, 4.69) is 9.12 Å². The summed E-state index contributed by atoms with van der Waals surface area (Å²) in [7, 11) is -4.85. The SMILES string of the molecule is O=C(O)CONC(=O)[C@@H]1CCC2CN1C(=O)N2OS(=O)(=O)O. The molecule has 3 amide bonds. The number of carboxylic acid groups (broad SMARTS) is 1. The number of nitrogens with one attached hydrogen (secondary N) is 1. The highest BCUT2D eigenvalue weighted by Gasteiger charge is 2.49. The van der Waals surface area contributed by atoms with Crippen LogP contribution in [-0.2, 0) is 29.1 Å². The van der Waals surface area contributed by atoms with E-state index in [-0.39, 0.29) is 19.4 Å². The lowest BCUT2D eigenvalue weighted by molar-refractivity contribution is -0.151. The highest BCUT2D eigenvalue weighted by atomic mass is 32.3. The summed E-state index contributed by atoms with van der Waals surface area (Å²) in [6.45, 7) is -0.710. The molecule has 3 N–H and O–H groups in total. The number of carboxylic acids is 1. The average molecular weight is 339 g/mol. The number of aliphatic carboxylic acids is 1. The van der Waals surface area contributed by atoms with Gasteiger partial charge in [0.05, 0.1) is 6.04 Å². The van der Waals surface area contributed by atoms with Crippen molar-refractivity contribution < 1.29 is 41.6 Å². The Morgan fingerprint density at radius 1 is 1.36 bits per heavy atom. The van der Waals surface area contributed by atoms with Gasteiger partial charge in [-0.1, -0.05) is 0 Å². The largest absolute Gasteiger partial charge is 0.479 e. The second-order valence-electron chi connectivity index (χ2n) is 4.66. The maximum Gasteiger partial charge on any atom is 0.418 e. The van der Waals surface area contributed by atoms with Gasteiger partial charge in [-0.2, -0.15) is 13.5 Å². The summed E-state index contributed by atoms with van der Waals surface area (Å²) in [4.78, 5) is 39.6. The standard InChI is InChI=1S/C9H13N3O9S/c13-7(14)4-20-10-8(15)6-2-1-5-3-11(6)9(16)12(5)21-22(17,18)19/h5-6H,1-4H2,(H,10,15)(H,13,14)(H,17,18,19)/t5?,6-/m0/s1. The van der Waals surface area contributed by atoms with Crippen LogP contribution in [0, 0.1) is 0 Å². The van der Waals surface area contributed by atoms with Crippen LogP contribution in [0.5, 0.6) is 0 Å². The number of nitrogens with zero attached hydrogens (tertiary/aromatic N) is 2. The molecule has 0 aromatic rings. The molecule has 2 heterocycles. The molecule has 0 aliphatic carbocycles. The molecular formula is C9H13N3O9S. The third-order valence-corrected chi connectivity index (χ3v) is 3.52. The number of hydroxylamine groups is 3. The van der Waals surface area contributed by atoms with Crippen molar-refractivity contribution >= 4 is 28.3 Å². The molecule has 0 aromatic heterocycles. The van der Waals surface area contributed by atoms with Gasteiger partial charge in [0.25, 0.3) is 5.91 Å². The number of rotatable bonds is 6. The maximum atomic E-state index is 12.0. The van der Waals surface area contributed by atoms with E-state index in [4.69, 9.17) is 9.66 Å². The number of fused-ring (bicyclic) bond motifs is 2. The Kier molecular flexibility index (Phi) is 4.50. The fraction of sp³-hybridized carbons (Fsp3) is 0.667. The van der Waals surface area contributed by atoms with Gasteiger partial charge in [0.1, 0.15) is 6.04 Å². The molecule has 0 aromatic carbocycles. The normalized spacial score (nSPS) is 24.5. The fourth-order valence-electron chi connectivity index (χ4n) is 2.34. The van der Waals surface area contributed by atoms with Crippen molar-refractivity contribution in [1.29, 1.82) is 0 Å². The molecule has 2 aliphatic heterocycles. The number of hydrogen-bond donors (Lipinski definition) is 3. The molecule has 2 fully saturated rings. The fourth-order valence-corrected chi connectivity index (χ4v) is 2.73. The molecule has 1 unspecified atom stereocenters. The second-order valence-corrected chi connectivity index (χ2v) is 5.66. The van der Waals surface area contributed by atoms with Crippen LogP contribution in [0.25, 0.3) is 0 Å². The summed E-state index contributed by atoms with van der Waals surface area (Å²) < 4.78 is 34.3. The van der Waals surface area contributed by atoms with Crippen LogP contribution in [0.2, 0.25) is 0 Å². The van der Waals surface area contributed by atoms with Gasteiger partial charge in [-0.25, -0.2) is 15.1 Å². The Hall–Kier alpha value is -1.96. The molecule has 2 aliphatic rings. The van der Waals surface area contributed by atoms with E-state index >= 15 is 0 Å². The monoisotopic (exact) mass is 339 g/mol. The Balaban J connectivity index is 1.99. The van der Waals surface area contributed by atoms with Gasteiger partial charge in [-0.15, -0.1) is 4.28 Å². The van der Waals surface area contributed by atoms with Gasteiger partial charge in [-0.3, -0.25) is 14.2 Å². The first-order valence-electron chi connectivity index (χ1n) is 6.09. The summed E-state index contributed by atoms with van der Waals surface area (Å²) in [6, 6.07) is -2.45. The quantitative estimate of drug-likeness (QED) is 0.371. The summed E-state index contributed by atoms with van der Waals surface area (Å²) in [5, 5.41) is 8.88. The highest BCUT2D eigenvalue weighted by molar-refractivity contribution is 7.80. The van der Waals surface area contributed by atoms with Crippen molar-refractivity contribution in [3.05, 3.63) is 0 Å². The molecule has 13 heteroatoms. The molecule has 0 radical (unpaired) electrons. The highest BCUT2D eigenvalue weighted by Crippen LogP contribution is 2.30. The van der Waals surface area contributed by atoms with E-state index in [0.717, 1.165) is 4.90 Å². The summed E-state index contributed by atoms with van der Waals surface area (Å²) >= 11 is 0. The van der Waals surface area contributed by atoms with Crippen LogP contribution in [0.4, 0.5) is 4.79 Å². The van der Waals surface area contributed by atoms with Crippen LogP contribution in [0.15, 0.2) is 0 Å². The minimum Gasteiger partial charge on any atom is -0.479 e. The van der Waals surface area contributed by atoms with Gasteiger partial charge < -0.3 is 10.0 Å². The molecule has 22 heavy (non-hydrogen) atoms. The zero-order chi connectivity index (χ0) is 16.5. The lowest BCUT2D eigenvalue weighted by Gasteiger charge is -2.28. The zero-order valence-electron chi connectivity index (χ0n) is 11.0. The summed E-state index contributed by atoms with van der Waals surface area (Å²) in [5.41, 5.74) is 1.91. The van der Waals surface area contributed by atoms with E-state index in [9.17, 15) is 22.8 Å². The Bertz CT molecular complexity index is 591. The van der Waals surface area contributed by atoms with E-state index in [1.54, 1.807) is 0 Å². The first-order chi connectivity index (χ1) is 10.2. The minimum atomic E-state index is -4.85. The first kappa shape index (κ1) is 16.4. The Morgan fingerprint density at radius 3 is 2.64 bits per heavy atom. The van der Waals surface area contributed by atoms with Gasteiger partial charge in [0.15, 0.2) is 6.61 Å². The van der Waals surface area contributed by atoms with Crippen molar-refractivity contribution in [1.82, 2.24) is 15.4 Å². The predicted octanol–water partition coefficient (Wildman–Crippen LogP) is -1.88. The molecule has 2 saturated heterocycles. The number of hydrogen-bond acceptors (Lipinski definition) is 7. The third-order valence-electron chi connectivity index (χ3n) is 3.17. The van der Waals surface area contributed by atoms with E-state index in [1.165, 1.54) is 0 Å². The molecule has 0 spiro atoms. The number of amides is 3. The molecule has 12 nitrogen and oxygen atoms in total. The number of urea groups is 1. The van der Waals surface area contributed by atoms with E-state index in [1.807, 2.05) is 5.48 Å². The zero-order valence-corrected chi connectivity index (χ0v) is 11.9. The molecular weight excluding hydrogens is 326 g/mol. The van der Waals surface area contributed by atoms with E-state index in [0.29, 0.717) is 5.06 Å². The minimum absolute atomic E-state index is 0.0331. The predicted molar refractivity (Wildman–Crippen MR) is 65.1 cm³/mol. The van der Waals surface area contributed by atoms with Gasteiger partial charge in [0.2, 0.25) is 0 Å². The Labute approximate surface area is 124 Å². The van der Waals surface area contributed by atoms with Gasteiger partial charge >= 0.3 is 22.4 Å². The average Bonchev–Trinajstić information content (AvgIpc) is 2.62. The molecule has 124 valence electrons. The second kappa shape index (κ2) is 6.04. The molecule has 0 saturated carbocycles. The smallest absolute Gasteiger partial charge is 0.418 e. The topological polar surface area (TPSA) is 163 Å². The lowest BCUT2D eigenvalue weighted by atomic mass is 10.0. The lowest BCUT2D eigenvalue weighted by Crippen LogP contribution is -2.50. The van der Waals surface area contributed by atoms with Gasteiger partial charge in [0, 0.05) is 6.54 Å². The third kappa shape index (κ3) is 3.62. The summed E-state index contributed by atoms with van der Waals surface area (Å²) in [5.74, 6) is -2.02. The Morgan fingerprint density at radius 2 is 2.05 bits per heavy atom. The van der Waals surface area contributed by atoms with Crippen molar-refractivity contribution in [3.63, 3.8) is 0 Å². The van der Waals surface area contributed by atoms with Crippen molar-refractivity contribution in [2.24, 2.45) is 0 Å². The van der Waals surface area contributed by atoms with Crippen LogP contribution in [0.3, 0.4) is 0 Å². The number of piperidine rings is 1. The molecule has 2 atom stereocenters. The first-order valence-corrected chi connectivity index (χ1v) is 7.46. The summed E-state index contributed by atoms with van der Waals surface area (Å²) in [6.07, 6.45) is 0.457. The van der Waals surface area contributed by atoms with Crippen molar-refractivity contribution in [2.45, 2.75) is 24.9 Å². The van der Waals surface area contributed by atoms with Crippen molar-refractivity contribution in [3.8, 4) is 0 Å². The molecule has 2 rings (SSSR count). The van der Waals surface area contributed by atoms with Crippen LogP contribution in [-0.4, -0.2) is 71.2 Å². The van der Waals surface area contributed by atoms with Crippen LogP contribution >= 0.6 is 0 Å². The number of carbonyl (C=O) groups is 3. The van der Waals surface area contributed by atoms with E-state index < -0.39 is 47.0 Å². The number of carbonyl (C=O) groups excluding carboxylic acids is 2. The molecule has 2 bridgehead atoms. The van der Waals surface area contributed by atoms with Crippen LogP contribution < -0.4 is 5.48 Å².